The minimum absolute atomic E-state index is 0.141. The molecule has 0 radical (unpaired) electrons. The Morgan fingerprint density at radius 1 is 0.909 bits per heavy atom. The van der Waals surface area contributed by atoms with Crippen molar-refractivity contribution < 1.29 is 23.5 Å². The summed E-state index contributed by atoms with van der Waals surface area (Å²) in [5.74, 6) is 2.13. The molecule has 3 aromatic carbocycles. The van der Waals surface area contributed by atoms with Crippen molar-refractivity contribution in [3.63, 3.8) is 0 Å². The molecule has 1 amide bonds. The SMILES string of the molecule is COc1ccccc1NC(=O)COc1ccccc1-c1noc(COc2ccccc2C)n1. The Balaban J connectivity index is 1.40. The number of aryl methyl sites for hydroxylation is 1. The minimum atomic E-state index is -0.324. The van der Waals surface area contributed by atoms with Gasteiger partial charge in [0.15, 0.2) is 13.2 Å². The number of nitrogens with zero attached hydrogens (tertiary/aromatic N) is 2. The largest absolute Gasteiger partial charge is 0.495 e. The number of anilines is 1. The van der Waals surface area contributed by atoms with Gasteiger partial charge in [0, 0.05) is 0 Å². The fourth-order valence-corrected chi connectivity index (χ4v) is 3.14. The van der Waals surface area contributed by atoms with Crippen LogP contribution in [-0.4, -0.2) is 29.8 Å². The minimum Gasteiger partial charge on any atom is -0.495 e. The van der Waals surface area contributed by atoms with Crippen LogP contribution in [-0.2, 0) is 11.4 Å². The number of carbonyl (C=O) groups is 1. The van der Waals surface area contributed by atoms with Gasteiger partial charge < -0.3 is 24.1 Å². The monoisotopic (exact) mass is 445 g/mol. The van der Waals surface area contributed by atoms with Gasteiger partial charge in [0.2, 0.25) is 5.82 Å². The van der Waals surface area contributed by atoms with Crippen LogP contribution in [0, 0.1) is 6.92 Å². The van der Waals surface area contributed by atoms with Crippen LogP contribution in [0.15, 0.2) is 77.3 Å². The Bertz CT molecular complexity index is 1240. The molecular weight excluding hydrogens is 422 g/mol. The molecule has 8 heteroatoms. The molecule has 0 aliphatic heterocycles. The standard InChI is InChI=1S/C25H23N3O5/c1-17-9-3-6-12-20(17)32-16-24-27-25(28-33-24)18-10-4-7-13-21(18)31-15-23(29)26-19-11-5-8-14-22(19)30-2/h3-14H,15-16H2,1-2H3,(H,26,29). The first-order valence-corrected chi connectivity index (χ1v) is 10.3. The first-order valence-electron chi connectivity index (χ1n) is 10.3. The van der Waals surface area contributed by atoms with E-state index in [9.17, 15) is 4.79 Å². The molecule has 4 aromatic rings. The molecule has 33 heavy (non-hydrogen) atoms. The van der Waals surface area contributed by atoms with Gasteiger partial charge in [0.25, 0.3) is 11.8 Å². The topological polar surface area (TPSA) is 95.7 Å². The molecule has 0 spiro atoms. The Morgan fingerprint density at radius 2 is 1.61 bits per heavy atom. The number of hydrogen-bond donors (Lipinski definition) is 1. The highest BCUT2D eigenvalue weighted by molar-refractivity contribution is 5.93. The number of ether oxygens (including phenoxy) is 3. The molecule has 0 fully saturated rings. The molecule has 1 heterocycles. The second kappa shape index (κ2) is 10.3. The Kier molecular flexibility index (Phi) is 6.84. The third-order valence-corrected chi connectivity index (χ3v) is 4.78. The highest BCUT2D eigenvalue weighted by atomic mass is 16.5. The van der Waals surface area contributed by atoms with Crippen LogP contribution >= 0.6 is 0 Å². The van der Waals surface area contributed by atoms with E-state index in [2.05, 4.69) is 15.5 Å². The number of benzene rings is 3. The van der Waals surface area contributed by atoms with Gasteiger partial charge in [-0.1, -0.05) is 47.6 Å². The van der Waals surface area contributed by atoms with Crippen LogP contribution in [0.5, 0.6) is 17.2 Å². The molecule has 1 N–H and O–H groups in total. The lowest BCUT2D eigenvalue weighted by molar-refractivity contribution is -0.118. The van der Waals surface area contributed by atoms with E-state index in [1.54, 1.807) is 37.4 Å². The van der Waals surface area contributed by atoms with E-state index in [-0.39, 0.29) is 19.1 Å². The van der Waals surface area contributed by atoms with E-state index in [0.29, 0.717) is 34.5 Å². The highest BCUT2D eigenvalue weighted by Crippen LogP contribution is 2.28. The number of hydrogen-bond acceptors (Lipinski definition) is 7. The number of carbonyl (C=O) groups excluding carboxylic acids is 1. The van der Waals surface area contributed by atoms with Gasteiger partial charge in [-0.15, -0.1) is 0 Å². The maximum absolute atomic E-state index is 12.4. The third-order valence-electron chi connectivity index (χ3n) is 4.78. The fourth-order valence-electron chi connectivity index (χ4n) is 3.14. The summed E-state index contributed by atoms with van der Waals surface area (Å²) < 4.78 is 22.1. The van der Waals surface area contributed by atoms with Crippen molar-refractivity contribution in [3.05, 3.63) is 84.3 Å². The Hall–Kier alpha value is -4.33. The molecule has 0 aliphatic rings. The lowest BCUT2D eigenvalue weighted by Gasteiger charge is -2.11. The molecule has 0 aliphatic carbocycles. The van der Waals surface area contributed by atoms with Crippen molar-refractivity contribution in [2.24, 2.45) is 0 Å². The molecule has 0 unspecified atom stereocenters. The fraction of sp³-hybridized carbons (Fsp3) is 0.160. The van der Waals surface area contributed by atoms with Crippen LogP contribution in [0.3, 0.4) is 0 Å². The average Bonchev–Trinajstić information content (AvgIpc) is 3.32. The summed E-state index contributed by atoms with van der Waals surface area (Å²) in [5.41, 5.74) is 2.19. The zero-order valence-electron chi connectivity index (χ0n) is 18.3. The lowest BCUT2D eigenvalue weighted by Crippen LogP contribution is -2.20. The van der Waals surface area contributed by atoms with E-state index < -0.39 is 0 Å². The van der Waals surface area contributed by atoms with Gasteiger partial charge in [-0.3, -0.25) is 4.79 Å². The van der Waals surface area contributed by atoms with E-state index in [4.69, 9.17) is 18.7 Å². The number of para-hydroxylation sites is 4. The van der Waals surface area contributed by atoms with Gasteiger partial charge in [-0.25, -0.2) is 0 Å². The summed E-state index contributed by atoms with van der Waals surface area (Å²) in [6, 6.07) is 22.0. The van der Waals surface area contributed by atoms with Crippen molar-refractivity contribution in [2.75, 3.05) is 19.0 Å². The van der Waals surface area contributed by atoms with E-state index in [1.807, 2.05) is 49.4 Å². The predicted molar refractivity (Wildman–Crippen MR) is 122 cm³/mol. The van der Waals surface area contributed by atoms with Crippen LogP contribution in [0.25, 0.3) is 11.4 Å². The summed E-state index contributed by atoms with van der Waals surface area (Å²) in [6.45, 7) is 1.91. The molecule has 168 valence electrons. The van der Waals surface area contributed by atoms with Gasteiger partial charge in [-0.2, -0.15) is 4.98 Å². The molecule has 1 aromatic heterocycles. The second-order valence-electron chi connectivity index (χ2n) is 7.10. The highest BCUT2D eigenvalue weighted by Gasteiger charge is 2.15. The van der Waals surface area contributed by atoms with Gasteiger partial charge in [0.1, 0.15) is 17.2 Å². The Morgan fingerprint density at radius 3 is 2.39 bits per heavy atom. The number of amides is 1. The maximum Gasteiger partial charge on any atom is 0.264 e. The number of nitrogens with one attached hydrogen (secondary N) is 1. The van der Waals surface area contributed by atoms with Gasteiger partial charge >= 0.3 is 0 Å². The van der Waals surface area contributed by atoms with Gasteiger partial charge in [-0.05, 0) is 42.8 Å². The van der Waals surface area contributed by atoms with Crippen LogP contribution < -0.4 is 19.5 Å². The van der Waals surface area contributed by atoms with E-state index >= 15 is 0 Å². The third kappa shape index (κ3) is 5.48. The number of aromatic nitrogens is 2. The Labute approximate surface area is 191 Å². The zero-order chi connectivity index (χ0) is 23.0. The van der Waals surface area contributed by atoms with Crippen molar-refractivity contribution >= 4 is 11.6 Å². The van der Waals surface area contributed by atoms with Gasteiger partial charge in [0.05, 0.1) is 18.4 Å². The smallest absolute Gasteiger partial charge is 0.264 e. The molecule has 4 rings (SSSR count). The predicted octanol–water partition coefficient (Wildman–Crippen LogP) is 4.65. The van der Waals surface area contributed by atoms with E-state index in [1.165, 1.54) is 0 Å². The number of methoxy groups -OCH3 is 1. The summed E-state index contributed by atoms with van der Waals surface area (Å²) in [5, 5.41) is 6.81. The molecule has 0 saturated heterocycles. The van der Waals surface area contributed by atoms with E-state index in [0.717, 1.165) is 11.3 Å². The summed E-state index contributed by atoms with van der Waals surface area (Å²) >= 11 is 0. The maximum atomic E-state index is 12.4. The lowest BCUT2D eigenvalue weighted by atomic mass is 10.2. The summed E-state index contributed by atoms with van der Waals surface area (Å²) in [6.07, 6.45) is 0. The van der Waals surface area contributed by atoms with Crippen LogP contribution in [0.2, 0.25) is 0 Å². The van der Waals surface area contributed by atoms with Crippen molar-refractivity contribution in [2.45, 2.75) is 13.5 Å². The summed E-state index contributed by atoms with van der Waals surface area (Å²) in [4.78, 5) is 16.8. The summed E-state index contributed by atoms with van der Waals surface area (Å²) in [7, 11) is 1.54. The quantitative estimate of drug-likeness (QED) is 0.401. The molecule has 0 bridgehead atoms. The second-order valence-corrected chi connectivity index (χ2v) is 7.10. The normalized spacial score (nSPS) is 10.5. The van der Waals surface area contributed by atoms with Crippen molar-refractivity contribution in [1.29, 1.82) is 0 Å². The number of rotatable bonds is 9. The average molecular weight is 445 g/mol. The molecular formula is C25H23N3O5. The van der Waals surface area contributed by atoms with Crippen molar-refractivity contribution in [3.8, 4) is 28.6 Å². The molecule has 0 saturated carbocycles. The molecule has 0 atom stereocenters. The first kappa shape index (κ1) is 21.9. The van der Waals surface area contributed by atoms with Crippen LogP contribution in [0.4, 0.5) is 5.69 Å². The van der Waals surface area contributed by atoms with Crippen LogP contribution in [0.1, 0.15) is 11.5 Å². The molecule has 8 nitrogen and oxygen atoms in total. The zero-order valence-corrected chi connectivity index (χ0v) is 18.3. The first-order chi connectivity index (χ1) is 16.1. The van der Waals surface area contributed by atoms with Crippen molar-refractivity contribution in [1.82, 2.24) is 10.1 Å².